The van der Waals surface area contributed by atoms with Gasteiger partial charge in [-0.1, -0.05) is 50.2 Å². The van der Waals surface area contributed by atoms with E-state index in [1.54, 1.807) is 45.0 Å². The zero-order valence-corrected chi connectivity index (χ0v) is 18.8. The molecule has 180 valence electrons. The average Bonchev–Trinajstić information content (AvgIpc) is 2.76. The van der Waals surface area contributed by atoms with Crippen LogP contribution in [0.4, 0.5) is 32.0 Å². The van der Waals surface area contributed by atoms with Crippen LogP contribution in [0.5, 0.6) is 0 Å². The first-order valence-corrected chi connectivity index (χ1v) is 10.3. The van der Waals surface area contributed by atoms with Gasteiger partial charge in [0, 0.05) is 30.3 Å². The van der Waals surface area contributed by atoms with Crippen LogP contribution in [0, 0.1) is 12.8 Å². The summed E-state index contributed by atoms with van der Waals surface area (Å²) in [4.78, 5) is 18.0. The van der Waals surface area contributed by atoms with E-state index in [1.807, 2.05) is 0 Å². The summed E-state index contributed by atoms with van der Waals surface area (Å²) in [5, 5.41) is 0. The number of anilines is 1. The normalized spacial score (nSPS) is 12.2. The molecule has 0 aliphatic rings. The molecule has 0 N–H and O–H groups in total. The smallest absolute Gasteiger partial charge is 0.313 e. The molecule has 3 aromatic rings. The molecule has 0 saturated carbocycles. The van der Waals surface area contributed by atoms with Crippen molar-refractivity contribution < 1.29 is 31.1 Å². The Morgan fingerprint density at radius 1 is 0.853 bits per heavy atom. The van der Waals surface area contributed by atoms with Crippen molar-refractivity contribution in [2.75, 3.05) is 11.9 Å². The Kier molecular flexibility index (Phi) is 6.78. The lowest BCUT2D eigenvalue weighted by Crippen LogP contribution is -2.31. The third-order valence-electron chi connectivity index (χ3n) is 5.47. The van der Waals surface area contributed by atoms with Gasteiger partial charge in [-0.25, -0.2) is 0 Å². The van der Waals surface area contributed by atoms with Crippen LogP contribution in [0.1, 0.15) is 30.5 Å². The first-order chi connectivity index (χ1) is 15.7. The second-order valence-electron chi connectivity index (χ2n) is 8.17. The average molecular weight is 480 g/mol. The van der Waals surface area contributed by atoms with E-state index in [1.165, 1.54) is 18.1 Å². The maximum absolute atomic E-state index is 14.0. The van der Waals surface area contributed by atoms with Crippen molar-refractivity contribution in [1.82, 2.24) is 4.98 Å². The second kappa shape index (κ2) is 9.12. The quantitative estimate of drug-likeness (QED) is 0.365. The number of pyridine rings is 1. The van der Waals surface area contributed by atoms with Crippen LogP contribution in [0.2, 0.25) is 0 Å². The molecule has 0 aliphatic heterocycles. The van der Waals surface area contributed by atoms with Crippen LogP contribution in [-0.4, -0.2) is 17.9 Å². The van der Waals surface area contributed by atoms with E-state index >= 15 is 0 Å². The second-order valence-corrected chi connectivity index (χ2v) is 8.17. The van der Waals surface area contributed by atoms with E-state index in [0.29, 0.717) is 17.2 Å². The largest absolute Gasteiger partial charge is 0.417 e. The third kappa shape index (κ3) is 4.78. The maximum atomic E-state index is 14.0. The third-order valence-corrected chi connectivity index (χ3v) is 5.47. The summed E-state index contributed by atoms with van der Waals surface area (Å²) in [5.41, 5.74) is -2.88. The maximum Gasteiger partial charge on any atom is 0.417 e. The van der Waals surface area contributed by atoms with Gasteiger partial charge in [-0.3, -0.25) is 9.78 Å². The SMILES string of the molecule is Cc1ccccc1-c1c(-c2cccc(C(F)(F)F)c2C(F)(F)F)cncc1N(C)C(=O)C(C)C. The number of amides is 1. The summed E-state index contributed by atoms with van der Waals surface area (Å²) in [6.45, 7) is 5.06. The van der Waals surface area contributed by atoms with Crippen molar-refractivity contribution in [3.63, 3.8) is 0 Å². The van der Waals surface area contributed by atoms with Crippen LogP contribution >= 0.6 is 0 Å². The number of carbonyl (C=O) groups is 1. The number of aromatic nitrogens is 1. The molecule has 1 aromatic heterocycles. The van der Waals surface area contributed by atoms with Gasteiger partial charge in [0.1, 0.15) is 0 Å². The van der Waals surface area contributed by atoms with Gasteiger partial charge in [0.15, 0.2) is 0 Å². The van der Waals surface area contributed by atoms with Crippen LogP contribution in [0.3, 0.4) is 0 Å². The molecule has 9 heteroatoms. The Hall–Kier alpha value is -3.36. The number of rotatable bonds is 4. The fourth-order valence-electron chi connectivity index (χ4n) is 3.87. The fraction of sp³-hybridized carbons (Fsp3) is 0.280. The highest BCUT2D eigenvalue weighted by atomic mass is 19.4. The highest BCUT2D eigenvalue weighted by molar-refractivity contribution is 6.02. The Balaban J connectivity index is 2.47. The van der Waals surface area contributed by atoms with E-state index in [4.69, 9.17) is 0 Å². The van der Waals surface area contributed by atoms with Gasteiger partial charge in [0.25, 0.3) is 0 Å². The van der Waals surface area contributed by atoms with Crippen LogP contribution < -0.4 is 4.90 Å². The molecule has 3 rings (SSSR count). The first-order valence-electron chi connectivity index (χ1n) is 10.3. The van der Waals surface area contributed by atoms with Crippen LogP contribution in [-0.2, 0) is 17.1 Å². The molecule has 1 amide bonds. The minimum atomic E-state index is -5.29. The number of nitrogens with zero attached hydrogens (tertiary/aromatic N) is 2. The van der Waals surface area contributed by atoms with Gasteiger partial charge in [0.05, 0.1) is 23.0 Å². The monoisotopic (exact) mass is 480 g/mol. The predicted molar refractivity (Wildman–Crippen MR) is 118 cm³/mol. The van der Waals surface area contributed by atoms with Crippen LogP contribution in [0.15, 0.2) is 54.9 Å². The van der Waals surface area contributed by atoms with Crippen molar-refractivity contribution in [2.45, 2.75) is 33.1 Å². The predicted octanol–water partition coefficient (Wildman–Crippen LogP) is 7.38. The number of hydrogen-bond donors (Lipinski definition) is 0. The molecule has 1 heterocycles. The van der Waals surface area contributed by atoms with E-state index in [2.05, 4.69) is 4.98 Å². The molecule has 0 saturated heterocycles. The molecule has 0 unspecified atom stereocenters. The van der Waals surface area contributed by atoms with Gasteiger partial charge < -0.3 is 4.90 Å². The summed E-state index contributed by atoms with van der Waals surface area (Å²) < 4.78 is 82.9. The fourth-order valence-corrected chi connectivity index (χ4v) is 3.87. The molecule has 3 nitrogen and oxygen atoms in total. The lowest BCUT2D eigenvalue weighted by atomic mass is 9.88. The zero-order valence-electron chi connectivity index (χ0n) is 18.8. The minimum Gasteiger partial charge on any atom is -0.313 e. The van der Waals surface area contributed by atoms with Crippen molar-refractivity contribution >= 4 is 11.6 Å². The molecule has 0 bridgehead atoms. The lowest BCUT2D eigenvalue weighted by molar-refractivity contribution is -0.161. The van der Waals surface area contributed by atoms with Gasteiger partial charge in [-0.15, -0.1) is 0 Å². The van der Waals surface area contributed by atoms with Crippen molar-refractivity contribution in [1.29, 1.82) is 0 Å². The molecule has 34 heavy (non-hydrogen) atoms. The Morgan fingerprint density at radius 3 is 2.03 bits per heavy atom. The highest BCUT2D eigenvalue weighted by Gasteiger charge is 2.45. The number of halogens is 6. The van der Waals surface area contributed by atoms with E-state index in [-0.39, 0.29) is 22.7 Å². The molecule has 0 aliphatic carbocycles. The molecule has 0 fully saturated rings. The van der Waals surface area contributed by atoms with Crippen molar-refractivity contribution in [2.24, 2.45) is 5.92 Å². The van der Waals surface area contributed by atoms with E-state index in [0.717, 1.165) is 18.3 Å². The Bertz CT molecular complexity index is 1210. The lowest BCUT2D eigenvalue weighted by Gasteiger charge is -2.26. The van der Waals surface area contributed by atoms with Crippen LogP contribution in [0.25, 0.3) is 22.3 Å². The molecule has 0 radical (unpaired) electrons. The van der Waals surface area contributed by atoms with Gasteiger partial charge in [-0.05, 0) is 29.7 Å². The van der Waals surface area contributed by atoms with E-state index < -0.39 is 35.0 Å². The molecule has 2 aromatic carbocycles. The van der Waals surface area contributed by atoms with Gasteiger partial charge in [0.2, 0.25) is 5.91 Å². The van der Waals surface area contributed by atoms with E-state index in [9.17, 15) is 31.1 Å². The molecule has 0 atom stereocenters. The number of carbonyl (C=O) groups excluding carboxylic acids is 1. The summed E-state index contributed by atoms with van der Waals surface area (Å²) >= 11 is 0. The summed E-state index contributed by atoms with van der Waals surface area (Å²) in [6, 6.07) is 9.10. The first kappa shape index (κ1) is 25.3. The highest BCUT2D eigenvalue weighted by Crippen LogP contribution is 2.48. The summed E-state index contributed by atoms with van der Waals surface area (Å²) in [5.74, 6) is -0.758. The van der Waals surface area contributed by atoms with Gasteiger partial charge >= 0.3 is 12.4 Å². The summed E-state index contributed by atoms with van der Waals surface area (Å²) in [6.07, 6.45) is -8.09. The number of alkyl halides is 6. The van der Waals surface area contributed by atoms with Crippen molar-refractivity contribution in [3.05, 3.63) is 71.5 Å². The molecular weight excluding hydrogens is 458 g/mol. The van der Waals surface area contributed by atoms with Gasteiger partial charge in [-0.2, -0.15) is 26.3 Å². The minimum absolute atomic E-state index is 0.159. The molecular formula is C25H22F6N2O. The number of hydrogen-bond acceptors (Lipinski definition) is 2. The summed E-state index contributed by atoms with van der Waals surface area (Å²) in [7, 11) is 1.46. The number of benzene rings is 2. The standard InChI is InChI=1S/C25H22F6N2O/c1-14(2)23(34)33(4)20-13-32-12-18(21(20)16-9-6-5-8-15(16)3)17-10-7-11-19(24(26,27)28)22(17)25(29,30)31/h5-14H,1-4H3. The number of aryl methyl sites for hydroxylation is 1. The molecule has 0 spiro atoms. The zero-order chi connectivity index (χ0) is 25.4. The topological polar surface area (TPSA) is 33.2 Å². The Morgan fingerprint density at radius 2 is 1.47 bits per heavy atom. The van der Waals surface area contributed by atoms with Crippen molar-refractivity contribution in [3.8, 4) is 22.3 Å². The Labute approximate surface area is 193 Å².